The Morgan fingerprint density at radius 1 is 1.60 bits per heavy atom. The van der Waals surface area contributed by atoms with Crippen LogP contribution in [0.25, 0.3) is 11.0 Å². The number of carbonyl (C=O) groups excluding carboxylic acids is 1. The highest BCUT2D eigenvalue weighted by Crippen LogP contribution is 2.19. The third kappa shape index (κ3) is 1.39. The van der Waals surface area contributed by atoms with Crippen LogP contribution in [0.5, 0.6) is 0 Å². The Bertz CT molecular complexity index is 535. The van der Waals surface area contributed by atoms with E-state index in [1.807, 2.05) is 0 Å². The van der Waals surface area contributed by atoms with Gasteiger partial charge in [-0.15, -0.1) is 0 Å². The Morgan fingerprint density at radius 3 is 3.00 bits per heavy atom. The van der Waals surface area contributed by atoms with Gasteiger partial charge in [-0.1, -0.05) is 0 Å². The van der Waals surface area contributed by atoms with E-state index in [1.165, 1.54) is 10.9 Å². The topological polar surface area (TPSA) is 68.0 Å². The van der Waals surface area contributed by atoms with Gasteiger partial charge in [0.1, 0.15) is 6.61 Å². The SMILES string of the molecule is Cn1ncc2c(C(=O)CO)c(F)cnc21. The lowest BCUT2D eigenvalue weighted by Gasteiger charge is -2.01. The lowest BCUT2D eigenvalue weighted by Crippen LogP contribution is -2.08. The van der Waals surface area contributed by atoms with Gasteiger partial charge < -0.3 is 5.11 Å². The first-order valence-corrected chi connectivity index (χ1v) is 4.25. The number of aliphatic hydroxyl groups excluding tert-OH is 1. The Labute approximate surface area is 84.2 Å². The maximum absolute atomic E-state index is 13.3. The summed E-state index contributed by atoms with van der Waals surface area (Å²) in [5.41, 5.74) is 0.254. The van der Waals surface area contributed by atoms with Gasteiger partial charge in [-0.3, -0.25) is 9.48 Å². The molecule has 0 radical (unpaired) electrons. The summed E-state index contributed by atoms with van der Waals surface area (Å²) in [6.45, 7) is -0.731. The van der Waals surface area contributed by atoms with Crippen LogP contribution in [0.2, 0.25) is 0 Å². The average Bonchev–Trinajstić information content (AvgIpc) is 2.59. The molecule has 0 spiro atoms. The first-order chi connectivity index (χ1) is 7.15. The molecule has 2 aromatic rings. The first-order valence-electron chi connectivity index (χ1n) is 4.25. The van der Waals surface area contributed by atoms with Crippen LogP contribution in [-0.4, -0.2) is 32.3 Å². The van der Waals surface area contributed by atoms with E-state index >= 15 is 0 Å². The summed E-state index contributed by atoms with van der Waals surface area (Å²) < 4.78 is 14.8. The molecule has 0 fully saturated rings. The molecule has 0 aliphatic heterocycles. The molecule has 0 atom stereocenters. The molecule has 78 valence electrons. The van der Waals surface area contributed by atoms with Crippen molar-refractivity contribution in [3.8, 4) is 0 Å². The van der Waals surface area contributed by atoms with Crippen LogP contribution >= 0.6 is 0 Å². The zero-order valence-corrected chi connectivity index (χ0v) is 7.94. The molecule has 0 unspecified atom stereocenters. The van der Waals surface area contributed by atoms with E-state index < -0.39 is 18.2 Å². The molecule has 15 heavy (non-hydrogen) atoms. The molecule has 0 aliphatic carbocycles. The number of aromatic nitrogens is 3. The fourth-order valence-electron chi connectivity index (χ4n) is 1.43. The Balaban J connectivity index is 2.80. The Hall–Kier alpha value is -1.82. The quantitative estimate of drug-likeness (QED) is 0.721. The van der Waals surface area contributed by atoms with E-state index in [9.17, 15) is 9.18 Å². The second-order valence-corrected chi connectivity index (χ2v) is 3.07. The lowest BCUT2D eigenvalue weighted by atomic mass is 10.1. The number of rotatable bonds is 2. The number of ketones is 1. The minimum atomic E-state index is -0.741. The Morgan fingerprint density at radius 2 is 2.33 bits per heavy atom. The van der Waals surface area contributed by atoms with E-state index in [0.29, 0.717) is 11.0 Å². The Kier molecular flexibility index (Phi) is 2.20. The zero-order valence-electron chi connectivity index (χ0n) is 7.94. The van der Waals surface area contributed by atoms with Crippen molar-refractivity contribution in [2.24, 2.45) is 7.05 Å². The standard InChI is InChI=1S/C9H8FN3O2/c1-13-9-5(2-12-13)8(7(15)4-14)6(10)3-11-9/h2-3,14H,4H2,1H3. The molecule has 2 heterocycles. The van der Waals surface area contributed by atoms with Crippen LogP contribution in [0.1, 0.15) is 10.4 Å². The molecular formula is C9H8FN3O2. The second-order valence-electron chi connectivity index (χ2n) is 3.07. The van der Waals surface area contributed by atoms with E-state index in [1.54, 1.807) is 7.05 Å². The van der Waals surface area contributed by atoms with Crippen molar-refractivity contribution in [1.82, 2.24) is 14.8 Å². The molecule has 0 saturated heterocycles. The number of nitrogens with zero attached hydrogens (tertiary/aromatic N) is 3. The number of hydrogen-bond acceptors (Lipinski definition) is 4. The molecule has 0 bridgehead atoms. The smallest absolute Gasteiger partial charge is 0.191 e. The third-order valence-corrected chi connectivity index (χ3v) is 2.14. The maximum atomic E-state index is 13.3. The predicted octanol–water partition coefficient (Wildman–Crippen LogP) is 0.282. The van der Waals surface area contributed by atoms with Gasteiger partial charge in [0.25, 0.3) is 0 Å². The van der Waals surface area contributed by atoms with E-state index in [4.69, 9.17) is 5.11 Å². The normalized spacial score (nSPS) is 10.9. The van der Waals surface area contributed by atoms with Gasteiger partial charge in [0.2, 0.25) is 0 Å². The predicted molar refractivity (Wildman–Crippen MR) is 49.9 cm³/mol. The largest absolute Gasteiger partial charge is 0.388 e. The third-order valence-electron chi connectivity index (χ3n) is 2.14. The van der Waals surface area contributed by atoms with Crippen LogP contribution in [0.3, 0.4) is 0 Å². The number of carbonyl (C=O) groups is 1. The molecule has 0 aliphatic rings. The molecule has 5 nitrogen and oxygen atoms in total. The van der Waals surface area contributed by atoms with E-state index in [0.717, 1.165) is 6.20 Å². The van der Waals surface area contributed by atoms with Crippen molar-refractivity contribution in [2.45, 2.75) is 0 Å². The van der Waals surface area contributed by atoms with Gasteiger partial charge in [-0.05, 0) is 0 Å². The molecule has 2 aromatic heterocycles. The van der Waals surface area contributed by atoms with Gasteiger partial charge in [-0.2, -0.15) is 5.10 Å². The van der Waals surface area contributed by atoms with Crippen LogP contribution in [0.4, 0.5) is 4.39 Å². The monoisotopic (exact) mass is 209 g/mol. The fourth-order valence-corrected chi connectivity index (χ4v) is 1.43. The number of aryl methyl sites for hydroxylation is 1. The van der Waals surface area contributed by atoms with Crippen LogP contribution in [-0.2, 0) is 7.05 Å². The van der Waals surface area contributed by atoms with Gasteiger partial charge in [0.05, 0.1) is 23.3 Å². The summed E-state index contributed by atoms with van der Waals surface area (Å²) in [6.07, 6.45) is 2.31. The van der Waals surface area contributed by atoms with Crippen molar-refractivity contribution < 1.29 is 14.3 Å². The van der Waals surface area contributed by atoms with Gasteiger partial charge in [0.15, 0.2) is 17.2 Å². The van der Waals surface area contributed by atoms with Crippen LogP contribution in [0.15, 0.2) is 12.4 Å². The van der Waals surface area contributed by atoms with Crippen LogP contribution in [0, 0.1) is 5.82 Å². The van der Waals surface area contributed by atoms with Crippen molar-refractivity contribution in [2.75, 3.05) is 6.61 Å². The number of pyridine rings is 1. The molecule has 1 N–H and O–H groups in total. The van der Waals surface area contributed by atoms with Gasteiger partial charge >= 0.3 is 0 Å². The summed E-state index contributed by atoms with van der Waals surface area (Å²) in [4.78, 5) is 15.1. The highest BCUT2D eigenvalue weighted by Gasteiger charge is 2.17. The minimum Gasteiger partial charge on any atom is -0.388 e. The maximum Gasteiger partial charge on any atom is 0.191 e. The molecule has 0 amide bonds. The summed E-state index contributed by atoms with van der Waals surface area (Å²) in [7, 11) is 1.64. The summed E-state index contributed by atoms with van der Waals surface area (Å²) >= 11 is 0. The second kappa shape index (κ2) is 3.39. The molecule has 2 rings (SSSR count). The molecule has 6 heteroatoms. The number of hydrogen-bond donors (Lipinski definition) is 1. The zero-order chi connectivity index (χ0) is 11.0. The van der Waals surface area contributed by atoms with E-state index in [2.05, 4.69) is 10.1 Å². The first kappa shape index (κ1) is 9.72. The molecular weight excluding hydrogens is 201 g/mol. The number of Topliss-reactive ketones (excluding diaryl/α,β-unsaturated/α-hetero) is 1. The van der Waals surface area contributed by atoms with Gasteiger partial charge in [-0.25, -0.2) is 9.37 Å². The van der Waals surface area contributed by atoms with E-state index in [-0.39, 0.29) is 5.56 Å². The van der Waals surface area contributed by atoms with Crippen LogP contribution < -0.4 is 0 Å². The highest BCUT2D eigenvalue weighted by molar-refractivity contribution is 6.07. The van der Waals surface area contributed by atoms with Crippen molar-refractivity contribution in [3.05, 3.63) is 23.8 Å². The fraction of sp³-hybridized carbons (Fsp3) is 0.222. The number of fused-ring (bicyclic) bond motifs is 1. The van der Waals surface area contributed by atoms with Crippen molar-refractivity contribution in [1.29, 1.82) is 0 Å². The number of halogens is 1. The van der Waals surface area contributed by atoms with Crippen molar-refractivity contribution in [3.63, 3.8) is 0 Å². The summed E-state index contributed by atoms with van der Waals surface area (Å²) in [6, 6.07) is 0. The lowest BCUT2D eigenvalue weighted by molar-refractivity contribution is 0.0901. The highest BCUT2D eigenvalue weighted by atomic mass is 19.1. The minimum absolute atomic E-state index is 0.157. The molecule has 0 saturated carbocycles. The summed E-state index contributed by atoms with van der Waals surface area (Å²) in [5.74, 6) is -1.41. The average molecular weight is 209 g/mol. The number of aliphatic hydroxyl groups is 1. The molecule has 0 aromatic carbocycles. The van der Waals surface area contributed by atoms with Gasteiger partial charge in [0, 0.05) is 7.05 Å². The van der Waals surface area contributed by atoms with Crippen molar-refractivity contribution >= 4 is 16.8 Å². The summed E-state index contributed by atoms with van der Waals surface area (Å²) in [5, 5.41) is 12.9.